The second-order valence-corrected chi connectivity index (χ2v) is 9.21. The van der Waals surface area contributed by atoms with Crippen LogP contribution in [0.2, 0.25) is 0 Å². The molecule has 3 aromatic rings. The van der Waals surface area contributed by atoms with Crippen LogP contribution in [0.1, 0.15) is 59.7 Å². The Bertz CT molecular complexity index is 1310. The third kappa shape index (κ3) is 4.26. The highest BCUT2D eigenvalue weighted by Crippen LogP contribution is 2.37. The summed E-state index contributed by atoms with van der Waals surface area (Å²) < 4.78 is 15.6. The Balaban J connectivity index is 1.61. The van der Waals surface area contributed by atoms with Crippen LogP contribution in [0.15, 0.2) is 30.6 Å². The fourth-order valence-electron chi connectivity index (χ4n) is 4.70. The lowest BCUT2D eigenvalue weighted by atomic mass is 9.88. The van der Waals surface area contributed by atoms with Gasteiger partial charge in [0.15, 0.2) is 0 Å². The topological polar surface area (TPSA) is 91.0 Å². The van der Waals surface area contributed by atoms with Crippen molar-refractivity contribution in [1.82, 2.24) is 14.5 Å². The number of aromatic nitrogens is 2. The molecule has 1 saturated heterocycles. The second kappa shape index (κ2) is 9.26. The van der Waals surface area contributed by atoms with Gasteiger partial charge in [-0.1, -0.05) is 13.8 Å². The largest absolute Gasteiger partial charge is 0.342 e. The molecular weight excluding hydrogens is 433 g/mol. The minimum atomic E-state index is -0.659. The number of anilines is 1. The van der Waals surface area contributed by atoms with E-state index in [1.54, 1.807) is 12.3 Å². The predicted octanol–water partition coefficient (Wildman–Crippen LogP) is 4.51. The van der Waals surface area contributed by atoms with E-state index in [1.807, 2.05) is 37.3 Å². The minimum Gasteiger partial charge on any atom is -0.342 e. The molecule has 1 aromatic carbocycles. The van der Waals surface area contributed by atoms with Crippen molar-refractivity contribution in [1.29, 1.82) is 5.26 Å². The zero-order valence-electron chi connectivity index (χ0n) is 19.9. The number of likely N-dealkylation sites (tertiary alicyclic amines) is 1. The van der Waals surface area contributed by atoms with Gasteiger partial charge < -0.3 is 14.8 Å². The highest BCUT2D eigenvalue weighted by molar-refractivity contribution is 6.06. The van der Waals surface area contributed by atoms with Crippen LogP contribution in [0, 0.1) is 30.0 Å². The Morgan fingerprint density at radius 3 is 2.62 bits per heavy atom. The van der Waals surface area contributed by atoms with Gasteiger partial charge in [-0.25, -0.2) is 9.37 Å². The SMILES string of the molecule is Cc1c(NC(=O)c2ccc(F)c(C#N)c2)cnc2c1c(C1CCN(C(=O)C(C)C)CC1)cn2C. The van der Waals surface area contributed by atoms with Crippen molar-refractivity contribution in [3.05, 3.63) is 58.7 Å². The summed E-state index contributed by atoms with van der Waals surface area (Å²) in [5, 5.41) is 12.9. The maximum absolute atomic E-state index is 13.6. The number of aryl methyl sites for hydroxylation is 2. The van der Waals surface area contributed by atoms with E-state index < -0.39 is 11.7 Å². The molecule has 0 unspecified atom stereocenters. The number of hydrogen-bond acceptors (Lipinski definition) is 4. The van der Waals surface area contributed by atoms with E-state index in [4.69, 9.17) is 5.26 Å². The van der Waals surface area contributed by atoms with Crippen LogP contribution in [-0.4, -0.2) is 39.4 Å². The molecule has 1 aliphatic heterocycles. The Kier molecular flexibility index (Phi) is 6.38. The van der Waals surface area contributed by atoms with Crippen molar-refractivity contribution in [3.63, 3.8) is 0 Å². The molecule has 0 bridgehead atoms. The van der Waals surface area contributed by atoms with E-state index in [0.29, 0.717) is 11.6 Å². The standard InChI is InChI=1S/C26H28FN5O2/c1-15(2)26(34)32-9-7-17(8-10-32)20-14-31(4)24-23(20)16(3)22(13-29-24)30-25(33)18-5-6-21(27)19(11-18)12-28/h5-6,11,13-15,17H,7-10H2,1-4H3,(H,30,33). The number of nitriles is 1. The van der Waals surface area contributed by atoms with Crippen molar-refractivity contribution in [3.8, 4) is 6.07 Å². The average molecular weight is 462 g/mol. The van der Waals surface area contributed by atoms with Crippen molar-refractivity contribution < 1.29 is 14.0 Å². The van der Waals surface area contributed by atoms with Crippen molar-refractivity contribution in [2.24, 2.45) is 13.0 Å². The minimum absolute atomic E-state index is 0.00272. The van der Waals surface area contributed by atoms with Crippen LogP contribution in [0.3, 0.4) is 0 Å². The number of carbonyl (C=O) groups is 2. The first-order valence-electron chi connectivity index (χ1n) is 11.5. The number of hydrogen-bond donors (Lipinski definition) is 1. The average Bonchev–Trinajstić information content (AvgIpc) is 3.17. The van der Waals surface area contributed by atoms with Crippen LogP contribution < -0.4 is 5.32 Å². The van der Waals surface area contributed by atoms with Gasteiger partial charge in [0.1, 0.15) is 17.5 Å². The highest BCUT2D eigenvalue weighted by atomic mass is 19.1. The molecule has 1 N–H and O–H groups in total. The summed E-state index contributed by atoms with van der Waals surface area (Å²) in [4.78, 5) is 31.7. The molecule has 0 saturated carbocycles. The zero-order valence-corrected chi connectivity index (χ0v) is 19.9. The van der Waals surface area contributed by atoms with E-state index in [1.165, 1.54) is 17.7 Å². The Morgan fingerprint density at radius 2 is 1.97 bits per heavy atom. The monoisotopic (exact) mass is 461 g/mol. The van der Waals surface area contributed by atoms with Gasteiger partial charge in [-0.05, 0) is 55.0 Å². The molecule has 34 heavy (non-hydrogen) atoms. The second-order valence-electron chi connectivity index (χ2n) is 9.21. The molecule has 0 radical (unpaired) electrons. The normalized spacial score (nSPS) is 14.4. The molecule has 1 fully saturated rings. The first kappa shape index (κ1) is 23.4. The first-order chi connectivity index (χ1) is 16.2. The molecule has 0 atom stereocenters. The predicted molar refractivity (Wildman–Crippen MR) is 128 cm³/mol. The van der Waals surface area contributed by atoms with Crippen molar-refractivity contribution in [2.75, 3.05) is 18.4 Å². The van der Waals surface area contributed by atoms with Crippen molar-refractivity contribution in [2.45, 2.75) is 39.5 Å². The number of nitrogens with one attached hydrogen (secondary N) is 1. The first-order valence-corrected chi connectivity index (χ1v) is 11.5. The Hall–Kier alpha value is -3.73. The van der Waals surface area contributed by atoms with E-state index in [0.717, 1.165) is 48.6 Å². The quantitative estimate of drug-likeness (QED) is 0.619. The number of amides is 2. The van der Waals surface area contributed by atoms with Crippen molar-refractivity contribution >= 4 is 28.5 Å². The van der Waals surface area contributed by atoms with Gasteiger partial charge in [0.05, 0.1) is 17.4 Å². The van der Waals surface area contributed by atoms with Crippen LogP contribution in [0.4, 0.5) is 10.1 Å². The maximum Gasteiger partial charge on any atom is 0.255 e. The van der Waals surface area contributed by atoms with E-state index in [-0.39, 0.29) is 23.0 Å². The summed E-state index contributed by atoms with van der Waals surface area (Å²) in [6, 6.07) is 5.47. The molecule has 3 heterocycles. The number of piperidine rings is 1. The molecule has 8 heteroatoms. The van der Waals surface area contributed by atoms with Crippen LogP contribution >= 0.6 is 0 Å². The molecule has 2 amide bonds. The maximum atomic E-state index is 13.6. The fourth-order valence-corrected chi connectivity index (χ4v) is 4.70. The van der Waals surface area contributed by atoms with E-state index in [2.05, 4.69) is 16.5 Å². The third-order valence-electron chi connectivity index (χ3n) is 6.61. The third-order valence-corrected chi connectivity index (χ3v) is 6.61. The molecule has 4 rings (SSSR count). The summed E-state index contributed by atoms with van der Waals surface area (Å²) in [5.41, 5.74) is 3.50. The molecule has 176 valence electrons. The van der Waals surface area contributed by atoms with Gasteiger partial charge in [0.25, 0.3) is 5.91 Å². The van der Waals surface area contributed by atoms with Gasteiger partial charge in [0, 0.05) is 43.2 Å². The van der Waals surface area contributed by atoms with Gasteiger partial charge in [0.2, 0.25) is 5.91 Å². The van der Waals surface area contributed by atoms with Gasteiger partial charge in [-0.15, -0.1) is 0 Å². The van der Waals surface area contributed by atoms with Gasteiger partial charge in [-0.3, -0.25) is 9.59 Å². The van der Waals surface area contributed by atoms with Crippen LogP contribution in [-0.2, 0) is 11.8 Å². The number of rotatable bonds is 4. The summed E-state index contributed by atoms with van der Waals surface area (Å²) >= 11 is 0. The van der Waals surface area contributed by atoms with E-state index >= 15 is 0 Å². The Labute approximate surface area is 198 Å². The number of halogens is 1. The lowest BCUT2D eigenvalue weighted by Gasteiger charge is -2.33. The number of pyridine rings is 1. The lowest BCUT2D eigenvalue weighted by Crippen LogP contribution is -2.40. The highest BCUT2D eigenvalue weighted by Gasteiger charge is 2.28. The Morgan fingerprint density at radius 1 is 1.26 bits per heavy atom. The smallest absolute Gasteiger partial charge is 0.255 e. The summed E-state index contributed by atoms with van der Waals surface area (Å²) in [7, 11) is 1.95. The van der Waals surface area contributed by atoms with Crippen LogP contribution in [0.25, 0.3) is 11.0 Å². The summed E-state index contributed by atoms with van der Waals surface area (Å²) in [6.45, 7) is 7.26. The van der Waals surface area contributed by atoms with Gasteiger partial charge >= 0.3 is 0 Å². The van der Waals surface area contributed by atoms with Crippen LogP contribution in [0.5, 0.6) is 0 Å². The lowest BCUT2D eigenvalue weighted by molar-refractivity contribution is -0.135. The molecule has 7 nitrogen and oxygen atoms in total. The molecular formula is C26H28FN5O2. The summed E-state index contributed by atoms with van der Waals surface area (Å²) in [6.07, 6.45) is 5.47. The molecule has 1 aliphatic rings. The molecule has 0 aliphatic carbocycles. The van der Waals surface area contributed by atoms with E-state index in [9.17, 15) is 14.0 Å². The number of benzene rings is 1. The molecule has 2 aromatic heterocycles. The number of fused-ring (bicyclic) bond motifs is 1. The number of nitrogens with zero attached hydrogens (tertiary/aromatic N) is 4. The zero-order chi connectivity index (χ0) is 24.6. The molecule has 0 spiro atoms. The summed E-state index contributed by atoms with van der Waals surface area (Å²) in [5.74, 6) is -0.606. The van der Waals surface area contributed by atoms with Gasteiger partial charge in [-0.2, -0.15) is 5.26 Å². The fraction of sp³-hybridized carbons (Fsp3) is 0.385. The number of carbonyl (C=O) groups excluding carboxylic acids is 2.